The van der Waals surface area contributed by atoms with Crippen molar-refractivity contribution < 1.29 is 22.7 Å². The predicted molar refractivity (Wildman–Crippen MR) is 189 cm³/mol. The van der Waals surface area contributed by atoms with E-state index in [0.717, 1.165) is 15.4 Å². The Balaban J connectivity index is 0.00000368. The smallest absolute Gasteiger partial charge is 0.323 e. The van der Waals surface area contributed by atoms with Gasteiger partial charge in [-0.1, -0.05) is 72.3 Å². The number of esters is 1. The van der Waals surface area contributed by atoms with E-state index >= 15 is 0 Å². The first-order chi connectivity index (χ1) is 21.1. The summed E-state index contributed by atoms with van der Waals surface area (Å²) in [5, 5.41) is 16.4. The van der Waals surface area contributed by atoms with Gasteiger partial charge in [0.2, 0.25) is 10.0 Å². The van der Waals surface area contributed by atoms with Crippen molar-refractivity contribution in [3.8, 4) is 5.75 Å². The molecule has 46 heavy (non-hydrogen) atoms. The van der Waals surface area contributed by atoms with Crippen LogP contribution in [0.5, 0.6) is 5.75 Å². The summed E-state index contributed by atoms with van der Waals surface area (Å²) in [6, 6.07) is 21.3. The van der Waals surface area contributed by atoms with Gasteiger partial charge in [-0.15, -0.1) is 24.8 Å². The third-order valence-electron chi connectivity index (χ3n) is 7.02. The molecule has 1 aliphatic rings. The number of carbonyl (C=O) groups is 1. The van der Waals surface area contributed by atoms with Crippen molar-refractivity contribution >= 4 is 75.8 Å². The van der Waals surface area contributed by atoms with Crippen LogP contribution in [0, 0.1) is 10.8 Å². The van der Waals surface area contributed by atoms with Crippen molar-refractivity contribution in [1.82, 2.24) is 4.90 Å². The molecule has 1 fully saturated rings. The molecule has 1 saturated heterocycles. The molecule has 0 bridgehead atoms. The van der Waals surface area contributed by atoms with E-state index in [0.29, 0.717) is 43.1 Å². The van der Waals surface area contributed by atoms with E-state index in [9.17, 15) is 13.2 Å². The van der Waals surface area contributed by atoms with Crippen molar-refractivity contribution in [2.75, 3.05) is 36.3 Å². The second-order valence-electron chi connectivity index (χ2n) is 10.2. The Kier molecular flexibility index (Phi) is 14.9. The van der Waals surface area contributed by atoms with Gasteiger partial charge in [0.1, 0.15) is 23.5 Å². The number of rotatable bonds is 12. The third-order valence-corrected chi connectivity index (χ3v) is 8.95. The molecule has 3 aromatic rings. The maximum atomic E-state index is 13.4. The SMILES string of the molecule is CCOC(=O)CS(=O)(=O)N(C/C=C/c1cccc(C(=N)N)c1)c1ccc(OC2CCN(C(=N)c3ccccc3)CC2)c(Cl)c1.Cl.Cl. The summed E-state index contributed by atoms with van der Waals surface area (Å²) in [6.45, 7) is 2.90. The van der Waals surface area contributed by atoms with E-state index in [-0.39, 0.29) is 60.6 Å². The fourth-order valence-electron chi connectivity index (χ4n) is 4.80. The van der Waals surface area contributed by atoms with Gasteiger partial charge in [-0.3, -0.25) is 19.9 Å². The second kappa shape index (κ2) is 17.8. The number of nitrogen functional groups attached to an aromatic ring is 1. The van der Waals surface area contributed by atoms with E-state index in [1.54, 1.807) is 55.5 Å². The highest BCUT2D eigenvalue weighted by Gasteiger charge is 2.28. The van der Waals surface area contributed by atoms with Crippen molar-refractivity contribution in [2.45, 2.75) is 25.9 Å². The van der Waals surface area contributed by atoms with Crippen LogP contribution in [0.1, 0.15) is 36.5 Å². The van der Waals surface area contributed by atoms with Crippen molar-refractivity contribution in [1.29, 1.82) is 10.8 Å². The molecule has 1 aliphatic heterocycles. The Hall–Kier alpha value is -3.77. The Morgan fingerprint density at radius 2 is 1.70 bits per heavy atom. The summed E-state index contributed by atoms with van der Waals surface area (Å²) >= 11 is 6.60. The number of nitrogens with zero attached hydrogens (tertiary/aromatic N) is 2. The van der Waals surface area contributed by atoms with Crippen LogP contribution in [0.3, 0.4) is 0 Å². The normalized spacial score (nSPS) is 13.3. The lowest BCUT2D eigenvalue weighted by Crippen LogP contribution is -2.41. The van der Waals surface area contributed by atoms with E-state index in [1.165, 1.54) is 6.07 Å². The first-order valence-corrected chi connectivity index (χ1v) is 16.2. The molecule has 4 N–H and O–H groups in total. The van der Waals surface area contributed by atoms with Crippen LogP contribution in [-0.2, 0) is 19.6 Å². The number of halogens is 3. The van der Waals surface area contributed by atoms with Gasteiger partial charge >= 0.3 is 5.97 Å². The standard InChI is InChI=1S/C32H36ClN5O5S.2ClH/c1-2-42-30(39)22-44(40,41)38(17-7-9-23-8-6-12-25(20-23)31(34)35)26-13-14-29(28(33)21-26)43-27-15-18-37(19-16-27)32(36)24-10-4-3-5-11-24;;/h3-14,20-21,27,36H,2,15-19,22H2,1H3,(H3,34,35);2*1H/b9-7+,36-32?;;. The number of piperidine rings is 1. The van der Waals surface area contributed by atoms with Gasteiger partial charge in [-0.25, -0.2) is 8.42 Å². The molecule has 0 unspecified atom stereocenters. The van der Waals surface area contributed by atoms with Crippen LogP contribution in [-0.4, -0.2) is 69.1 Å². The van der Waals surface area contributed by atoms with Crippen molar-refractivity contribution in [3.63, 3.8) is 0 Å². The molecule has 10 nitrogen and oxygen atoms in total. The minimum Gasteiger partial charge on any atom is -0.489 e. The topological polar surface area (TPSA) is 150 Å². The lowest BCUT2D eigenvalue weighted by molar-refractivity contribution is -0.139. The zero-order valence-electron chi connectivity index (χ0n) is 25.2. The average molecular weight is 711 g/mol. The van der Waals surface area contributed by atoms with Crippen LogP contribution in [0.25, 0.3) is 6.08 Å². The van der Waals surface area contributed by atoms with Crippen LogP contribution >= 0.6 is 36.4 Å². The first-order valence-electron chi connectivity index (χ1n) is 14.2. The summed E-state index contributed by atoms with van der Waals surface area (Å²) in [5.41, 5.74) is 7.99. The Labute approximate surface area is 287 Å². The van der Waals surface area contributed by atoms with Gasteiger partial charge in [0, 0.05) is 37.1 Å². The van der Waals surface area contributed by atoms with Crippen molar-refractivity contribution in [3.05, 3.63) is 101 Å². The highest BCUT2D eigenvalue weighted by Crippen LogP contribution is 2.33. The minimum absolute atomic E-state index is 0. The minimum atomic E-state index is -4.14. The lowest BCUT2D eigenvalue weighted by Gasteiger charge is -2.34. The predicted octanol–water partition coefficient (Wildman–Crippen LogP) is 5.75. The maximum absolute atomic E-state index is 13.4. The summed E-state index contributed by atoms with van der Waals surface area (Å²) in [5.74, 6) is -0.857. The number of hydrogen-bond donors (Lipinski definition) is 3. The number of anilines is 1. The van der Waals surface area contributed by atoms with E-state index in [2.05, 4.69) is 0 Å². The van der Waals surface area contributed by atoms with E-state index < -0.39 is 21.7 Å². The molecule has 0 aliphatic carbocycles. The van der Waals surface area contributed by atoms with Crippen LogP contribution in [0.15, 0.2) is 78.9 Å². The zero-order valence-corrected chi connectivity index (χ0v) is 28.4. The third kappa shape index (κ3) is 10.4. The molecule has 0 aromatic heterocycles. The Morgan fingerprint density at radius 3 is 2.33 bits per heavy atom. The number of amidine groups is 2. The molecule has 248 valence electrons. The fourth-order valence-corrected chi connectivity index (χ4v) is 6.30. The number of nitrogens with one attached hydrogen (secondary N) is 2. The molecular weight excluding hydrogens is 673 g/mol. The number of ether oxygens (including phenoxy) is 2. The van der Waals surface area contributed by atoms with Crippen LogP contribution in [0.2, 0.25) is 5.02 Å². The second-order valence-corrected chi connectivity index (χ2v) is 12.5. The zero-order chi connectivity index (χ0) is 31.7. The average Bonchev–Trinajstić information content (AvgIpc) is 3.00. The molecule has 0 radical (unpaired) electrons. The van der Waals surface area contributed by atoms with Gasteiger partial charge in [0.25, 0.3) is 0 Å². The van der Waals surface area contributed by atoms with Gasteiger partial charge < -0.3 is 20.1 Å². The van der Waals surface area contributed by atoms with Gasteiger partial charge in [0.15, 0.2) is 5.75 Å². The molecule has 4 rings (SSSR count). The molecule has 0 spiro atoms. The number of hydrogen-bond acceptors (Lipinski definition) is 7. The highest BCUT2D eigenvalue weighted by atomic mass is 35.5. The summed E-state index contributed by atoms with van der Waals surface area (Å²) in [6.07, 6.45) is 4.63. The largest absolute Gasteiger partial charge is 0.489 e. The quantitative estimate of drug-likeness (QED) is 0.123. The molecular formula is C32H38Cl3N5O5S. The molecule has 1 heterocycles. The van der Waals surface area contributed by atoms with Gasteiger partial charge in [0.05, 0.1) is 23.9 Å². The van der Waals surface area contributed by atoms with Crippen molar-refractivity contribution in [2.24, 2.45) is 5.73 Å². The molecule has 14 heteroatoms. The molecule has 3 aromatic carbocycles. The van der Waals surface area contributed by atoms with E-state index in [1.807, 2.05) is 35.2 Å². The molecule has 0 amide bonds. The van der Waals surface area contributed by atoms with E-state index in [4.69, 9.17) is 37.6 Å². The maximum Gasteiger partial charge on any atom is 0.323 e. The first kappa shape index (κ1) is 38.4. The monoisotopic (exact) mass is 709 g/mol. The number of nitrogens with two attached hydrogens (primary N) is 1. The van der Waals surface area contributed by atoms with Crippen LogP contribution < -0.4 is 14.8 Å². The number of carbonyl (C=O) groups excluding carboxylic acids is 1. The summed E-state index contributed by atoms with van der Waals surface area (Å²) in [7, 11) is -4.14. The van der Waals surface area contributed by atoms with Gasteiger partial charge in [-0.2, -0.15) is 0 Å². The fraction of sp³-hybridized carbons (Fsp3) is 0.281. The Bertz CT molecular complexity index is 1630. The summed E-state index contributed by atoms with van der Waals surface area (Å²) < 4.78 is 38.9. The lowest BCUT2D eigenvalue weighted by atomic mass is 10.1. The summed E-state index contributed by atoms with van der Waals surface area (Å²) in [4.78, 5) is 14.2. The van der Waals surface area contributed by atoms with Crippen LogP contribution in [0.4, 0.5) is 5.69 Å². The molecule has 0 saturated carbocycles. The number of likely N-dealkylation sites (tertiary alicyclic amines) is 1. The van der Waals surface area contributed by atoms with Gasteiger partial charge in [-0.05, 0) is 36.8 Å². The Morgan fingerprint density at radius 1 is 1.02 bits per heavy atom. The highest BCUT2D eigenvalue weighted by molar-refractivity contribution is 7.93. The number of benzene rings is 3. The molecule has 0 atom stereocenters. The number of sulfonamides is 1.